The fourth-order valence-electron chi connectivity index (χ4n) is 1.83. The maximum absolute atomic E-state index is 12.1. The third kappa shape index (κ3) is 5.27. The predicted octanol–water partition coefficient (Wildman–Crippen LogP) is 3.13. The van der Waals surface area contributed by atoms with Gasteiger partial charge in [0.25, 0.3) is 0 Å². The molecular formula is C15H13F3N2O3S. The number of halogens is 3. The van der Waals surface area contributed by atoms with Gasteiger partial charge in [-0.25, -0.2) is 8.42 Å². The summed E-state index contributed by atoms with van der Waals surface area (Å²) in [6.45, 7) is 0. The lowest BCUT2D eigenvalue weighted by Gasteiger charge is -2.10. The van der Waals surface area contributed by atoms with Crippen molar-refractivity contribution in [2.45, 2.75) is 11.9 Å². The van der Waals surface area contributed by atoms with Crippen molar-refractivity contribution in [2.75, 3.05) is 10.0 Å². The van der Waals surface area contributed by atoms with Gasteiger partial charge in [-0.3, -0.25) is 9.52 Å². The van der Waals surface area contributed by atoms with E-state index in [2.05, 4.69) is 4.72 Å². The van der Waals surface area contributed by atoms with Gasteiger partial charge >= 0.3 is 12.1 Å². The standard InChI is InChI=1S/C15H13F3N2O3S/c16-15(17,18)14(21)19-12-6-8-13(9-7-12)20-24(22,23)10-11-4-2-1-3-5-11/h1-9,20H,10H2,(H,19,21). The first kappa shape index (κ1) is 17.8. The summed E-state index contributed by atoms with van der Waals surface area (Å²) in [5.74, 6) is -2.33. The van der Waals surface area contributed by atoms with Crippen LogP contribution in [0, 0.1) is 0 Å². The summed E-state index contributed by atoms with van der Waals surface area (Å²) < 4.78 is 62.8. The maximum atomic E-state index is 12.1. The number of carbonyl (C=O) groups excluding carboxylic acids is 1. The Bertz CT molecular complexity index is 804. The van der Waals surface area contributed by atoms with Crippen molar-refractivity contribution in [1.29, 1.82) is 0 Å². The number of hydrogen-bond donors (Lipinski definition) is 2. The molecule has 0 radical (unpaired) electrons. The van der Waals surface area contributed by atoms with Crippen LogP contribution in [-0.2, 0) is 20.6 Å². The molecule has 0 bridgehead atoms. The molecule has 0 saturated carbocycles. The quantitative estimate of drug-likeness (QED) is 0.862. The van der Waals surface area contributed by atoms with Gasteiger partial charge in [0, 0.05) is 11.4 Å². The van der Waals surface area contributed by atoms with Crippen LogP contribution in [0.1, 0.15) is 5.56 Å². The van der Waals surface area contributed by atoms with E-state index in [1.165, 1.54) is 24.3 Å². The van der Waals surface area contributed by atoms with Gasteiger partial charge < -0.3 is 5.32 Å². The Labute approximate surface area is 136 Å². The van der Waals surface area contributed by atoms with Crippen LogP contribution in [0.5, 0.6) is 0 Å². The smallest absolute Gasteiger partial charge is 0.318 e. The van der Waals surface area contributed by atoms with Gasteiger partial charge in [-0.1, -0.05) is 30.3 Å². The molecule has 0 spiro atoms. The molecule has 0 heterocycles. The molecular weight excluding hydrogens is 345 g/mol. The van der Waals surface area contributed by atoms with Crippen LogP contribution in [0.3, 0.4) is 0 Å². The van der Waals surface area contributed by atoms with E-state index < -0.39 is 22.1 Å². The molecule has 2 aromatic carbocycles. The molecule has 5 nitrogen and oxygen atoms in total. The highest BCUT2D eigenvalue weighted by atomic mass is 32.2. The van der Waals surface area contributed by atoms with Crippen molar-refractivity contribution in [3.8, 4) is 0 Å². The molecule has 2 aromatic rings. The van der Waals surface area contributed by atoms with E-state index >= 15 is 0 Å². The van der Waals surface area contributed by atoms with E-state index in [1.54, 1.807) is 35.6 Å². The van der Waals surface area contributed by atoms with Crippen LogP contribution in [0.2, 0.25) is 0 Å². The van der Waals surface area contributed by atoms with Gasteiger partial charge in [-0.05, 0) is 29.8 Å². The Morgan fingerprint density at radius 1 is 0.917 bits per heavy atom. The number of anilines is 2. The summed E-state index contributed by atoms with van der Waals surface area (Å²) in [5.41, 5.74) is 0.679. The normalized spacial score (nSPS) is 11.8. The molecule has 0 aliphatic carbocycles. The minimum absolute atomic E-state index is 0.0941. The van der Waals surface area contributed by atoms with Crippen LogP contribution in [0.25, 0.3) is 0 Å². The summed E-state index contributed by atoms with van der Waals surface area (Å²) in [6, 6.07) is 13.4. The fourth-order valence-corrected chi connectivity index (χ4v) is 3.03. The van der Waals surface area contributed by atoms with Crippen molar-refractivity contribution < 1.29 is 26.4 Å². The van der Waals surface area contributed by atoms with Crippen molar-refractivity contribution in [1.82, 2.24) is 0 Å². The summed E-state index contributed by atoms with van der Waals surface area (Å²) >= 11 is 0. The van der Waals surface area contributed by atoms with Gasteiger partial charge in [-0.2, -0.15) is 13.2 Å². The first-order chi connectivity index (χ1) is 11.2. The molecule has 2 N–H and O–H groups in total. The molecule has 24 heavy (non-hydrogen) atoms. The second-order valence-corrected chi connectivity index (χ2v) is 6.60. The highest BCUT2D eigenvalue weighted by Gasteiger charge is 2.38. The number of hydrogen-bond acceptors (Lipinski definition) is 3. The first-order valence-corrected chi connectivity index (χ1v) is 8.34. The number of benzene rings is 2. The zero-order valence-corrected chi connectivity index (χ0v) is 13.0. The first-order valence-electron chi connectivity index (χ1n) is 6.68. The molecule has 0 atom stereocenters. The molecule has 128 valence electrons. The van der Waals surface area contributed by atoms with Crippen LogP contribution < -0.4 is 10.0 Å². The van der Waals surface area contributed by atoms with Gasteiger partial charge in [-0.15, -0.1) is 0 Å². The van der Waals surface area contributed by atoms with Crippen molar-refractivity contribution in [2.24, 2.45) is 0 Å². The Hall–Kier alpha value is -2.55. The largest absolute Gasteiger partial charge is 0.471 e. The van der Waals surface area contributed by atoms with E-state index in [-0.39, 0.29) is 17.1 Å². The number of sulfonamides is 1. The van der Waals surface area contributed by atoms with Crippen molar-refractivity contribution >= 4 is 27.3 Å². The maximum Gasteiger partial charge on any atom is 0.471 e. The summed E-state index contributed by atoms with van der Waals surface area (Å²) in [4.78, 5) is 10.8. The number of alkyl halides is 3. The molecule has 0 aromatic heterocycles. The molecule has 1 amide bonds. The van der Waals surface area contributed by atoms with Crippen LogP contribution >= 0.6 is 0 Å². The van der Waals surface area contributed by atoms with E-state index in [9.17, 15) is 26.4 Å². The van der Waals surface area contributed by atoms with Crippen molar-refractivity contribution in [3.05, 3.63) is 60.2 Å². The predicted molar refractivity (Wildman–Crippen MR) is 83.8 cm³/mol. The van der Waals surface area contributed by atoms with E-state index in [0.29, 0.717) is 5.56 Å². The highest BCUT2D eigenvalue weighted by Crippen LogP contribution is 2.20. The molecule has 0 fully saturated rings. The molecule has 0 aliphatic heterocycles. The zero-order chi connectivity index (χ0) is 17.8. The van der Waals surface area contributed by atoms with E-state index in [0.717, 1.165) is 0 Å². The minimum atomic E-state index is -4.99. The number of rotatable bonds is 5. The lowest BCUT2D eigenvalue weighted by Crippen LogP contribution is -2.29. The molecule has 0 aliphatic rings. The van der Waals surface area contributed by atoms with Gasteiger partial charge in [0.05, 0.1) is 5.75 Å². The Morgan fingerprint density at radius 3 is 2.00 bits per heavy atom. The molecule has 9 heteroatoms. The zero-order valence-electron chi connectivity index (χ0n) is 12.2. The number of amides is 1. The molecule has 0 unspecified atom stereocenters. The lowest BCUT2D eigenvalue weighted by molar-refractivity contribution is -0.167. The van der Waals surface area contributed by atoms with E-state index in [1.807, 2.05) is 0 Å². The Kier molecular flexibility index (Phi) is 5.13. The number of nitrogens with one attached hydrogen (secondary N) is 2. The van der Waals surface area contributed by atoms with Crippen LogP contribution in [-0.4, -0.2) is 20.5 Å². The fraction of sp³-hybridized carbons (Fsp3) is 0.133. The summed E-state index contributed by atoms with van der Waals surface area (Å²) in [5, 5.41) is 1.67. The second kappa shape index (κ2) is 6.91. The second-order valence-electron chi connectivity index (χ2n) is 4.88. The number of carbonyl (C=O) groups is 1. The minimum Gasteiger partial charge on any atom is -0.318 e. The average Bonchev–Trinajstić information content (AvgIpc) is 2.48. The van der Waals surface area contributed by atoms with Gasteiger partial charge in [0.1, 0.15) is 0 Å². The average molecular weight is 358 g/mol. The Balaban J connectivity index is 2.02. The molecule has 0 saturated heterocycles. The topological polar surface area (TPSA) is 75.3 Å². The van der Waals surface area contributed by atoms with Crippen LogP contribution in [0.4, 0.5) is 24.5 Å². The highest BCUT2D eigenvalue weighted by molar-refractivity contribution is 7.91. The lowest BCUT2D eigenvalue weighted by atomic mass is 10.2. The third-order valence-electron chi connectivity index (χ3n) is 2.87. The summed E-state index contributed by atoms with van der Waals surface area (Å²) in [6.07, 6.45) is -4.99. The monoisotopic (exact) mass is 358 g/mol. The van der Waals surface area contributed by atoms with E-state index in [4.69, 9.17) is 0 Å². The van der Waals surface area contributed by atoms with Crippen molar-refractivity contribution in [3.63, 3.8) is 0 Å². The Morgan fingerprint density at radius 2 is 1.46 bits per heavy atom. The molecule has 2 rings (SSSR count). The van der Waals surface area contributed by atoms with Crippen LogP contribution in [0.15, 0.2) is 54.6 Å². The van der Waals surface area contributed by atoms with Gasteiger partial charge in [0.2, 0.25) is 10.0 Å². The third-order valence-corrected chi connectivity index (χ3v) is 4.13. The summed E-state index contributed by atoms with van der Waals surface area (Å²) in [7, 11) is -3.66. The SMILES string of the molecule is O=C(Nc1ccc(NS(=O)(=O)Cc2ccccc2)cc1)C(F)(F)F. The van der Waals surface area contributed by atoms with Gasteiger partial charge in [0.15, 0.2) is 0 Å².